The number of ether oxygens (including phenoxy) is 1. The molecule has 0 unspecified atom stereocenters. The number of hydrogen-bond acceptors (Lipinski definition) is 3. The van der Waals surface area contributed by atoms with Gasteiger partial charge in [-0.05, 0) is 63.5 Å². The largest absolute Gasteiger partial charge is 0.525 e. The van der Waals surface area contributed by atoms with Gasteiger partial charge in [0.25, 0.3) is 0 Å². The van der Waals surface area contributed by atoms with Crippen molar-refractivity contribution >= 4 is 28.6 Å². The highest BCUT2D eigenvalue weighted by molar-refractivity contribution is 9.10. The van der Waals surface area contributed by atoms with Gasteiger partial charge < -0.3 is 14.0 Å². The molecule has 142 valence electrons. The predicted molar refractivity (Wildman–Crippen MR) is 104 cm³/mol. The Balaban J connectivity index is 2.40. The molecule has 3 nitrogen and oxygen atoms in total. The van der Waals surface area contributed by atoms with Crippen LogP contribution in [0, 0.1) is 5.82 Å². The molecule has 1 aliphatic heterocycles. The van der Waals surface area contributed by atoms with Crippen LogP contribution in [-0.2, 0) is 14.0 Å². The third-order valence-corrected chi connectivity index (χ3v) is 5.43. The van der Waals surface area contributed by atoms with Crippen molar-refractivity contribution in [3.63, 3.8) is 0 Å². The Kier molecular flexibility index (Phi) is 6.83. The van der Waals surface area contributed by atoms with Crippen LogP contribution in [0.4, 0.5) is 8.78 Å². The van der Waals surface area contributed by atoms with E-state index < -0.39 is 29.9 Å². The summed E-state index contributed by atoms with van der Waals surface area (Å²) in [5.74, 6) is -0.450. The lowest BCUT2D eigenvalue weighted by atomic mass is 9.82. The normalized spacial score (nSPS) is 19.4. The van der Waals surface area contributed by atoms with Gasteiger partial charge in [0.1, 0.15) is 11.5 Å². The van der Waals surface area contributed by atoms with Crippen molar-refractivity contribution in [2.45, 2.75) is 45.3 Å². The Bertz CT molecular complexity index is 688. The molecule has 0 saturated carbocycles. The van der Waals surface area contributed by atoms with E-state index >= 15 is 4.39 Å². The molecule has 2 rings (SSSR count). The Hall–Kier alpha value is -1.02. The average Bonchev–Trinajstić information content (AvgIpc) is 2.78. The summed E-state index contributed by atoms with van der Waals surface area (Å²) in [6.07, 6.45) is 1.86. The van der Waals surface area contributed by atoms with Crippen LogP contribution in [0.5, 0.6) is 0 Å². The second kappa shape index (κ2) is 8.34. The van der Waals surface area contributed by atoms with Crippen LogP contribution in [0.1, 0.15) is 39.7 Å². The molecule has 7 heteroatoms. The van der Waals surface area contributed by atoms with Crippen molar-refractivity contribution in [2.24, 2.45) is 0 Å². The summed E-state index contributed by atoms with van der Waals surface area (Å²) in [6, 6.07) is 4.15. The highest BCUT2D eigenvalue weighted by atomic mass is 79.9. The third-order valence-electron chi connectivity index (χ3n) is 4.73. The minimum absolute atomic E-state index is 0.242. The molecule has 1 aliphatic rings. The molecule has 1 aromatic carbocycles. The first-order valence-corrected chi connectivity index (χ1v) is 9.26. The van der Waals surface area contributed by atoms with Crippen LogP contribution < -0.4 is 0 Å². The quantitative estimate of drug-likeness (QED) is 0.326. The van der Waals surface area contributed by atoms with Crippen LogP contribution in [-0.4, -0.2) is 31.5 Å². The van der Waals surface area contributed by atoms with Crippen molar-refractivity contribution in [3.05, 3.63) is 52.4 Å². The highest BCUT2D eigenvalue weighted by Gasteiger charge is 2.53. The maximum absolute atomic E-state index is 15.4. The van der Waals surface area contributed by atoms with Gasteiger partial charge in [-0.15, -0.1) is 6.58 Å². The molecule has 0 aliphatic carbocycles. The Labute approximate surface area is 162 Å². The summed E-state index contributed by atoms with van der Waals surface area (Å²) in [5.41, 5.74) is -1.20. The first kappa shape index (κ1) is 21.3. The number of benzene rings is 1. The molecule has 1 heterocycles. The van der Waals surface area contributed by atoms with Gasteiger partial charge in [-0.25, -0.2) is 8.78 Å². The predicted octanol–water partition coefficient (Wildman–Crippen LogP) is 5.49. The topological polar surface area (TPSA) is 27.7 Å². The molecular formula is C19H24BBrF2O3. The van der Waals surface area contributed by atoms with Crippen molar-refractivity contribution in [1.82, 2.24) is 0 Å². The lowest BCUT2D eigenvalue weighted by Crippen LogP contribution is -2.41. The van der Waals surface area contributed by atoms with E-state index in [0.29, 0.717) is 22.2 Å². The molecule has 1 fully saturated rings. The Morgan fingerprint density at radius 3 is 2.46 bits per heavy atom. The molecule has 0 radical (unpaired) electrons. The molecule has 0 spiro atoms. The molecule has 0 N–H and O–H groups in total. The Morgan fingerprint density at radius 1 is 1.27 bits per heavy atom. The molecule has 26 heavy (non-hydrogen) atoms. The smallest absolute Gasteiger partial charge is 0.398 e. The van der Waals surface area contributed by atoms with E-state index in [-0.39, 0.29) is 13.0 Å². The average molecular weight is 429 g/mol. The summed E-state index contributed by atoms with van der Waals surface area (Å²) >= 11 is 3.37. The van der Waals surface area contributed by atoms with Crippen LogP contribution in [0.2, 0.25) is 0 Å². The third kappa shape index (κ3) is 4.63. The Morgan fingerprint density at radius 2 is 1.88 bits per heavy atom. The standard InChI is InChI=1S/C19H24BBrF2O3/c1-6-10-24-11-9-14(15-12-13(22)7-8-16(15)21)17(23)20-25-18(2,3)19(4,5)26-20/h6-8,12H,1,9-11H2,2-5H3. The SMILES string of the molecule is C=CCOCCC(=C(F)B1OC(C)(C)C(C)(C)O1)c1cc(F)ccc1Br. The zero-order valence-electron chi connectivity index (χ0n) is 15.6. The lowest BCUT2D eigenvalue weighted by Gasteiger charge is -2.32. The lowest BCUT2D eigenvalue weighted by molar-refractivity contribution is 0.00578. The summed E-state index contributed by atoms with van der Waals surface area (Å²) in [4.78, 5) is 0. The van der Waals surface area contributed by atoms with E-state index in [1.807, 2.05) is 27.7 Å². The maximum atomic E-state index is 15.4. The molecule has 0 bridgehead atoms. The zero-order valence-corrected chi connectivity index (χ0v) is 17.2. The van der Waals surface area contributed by atoms with Gasteiger partial charge in [-0.1, -0.05) is 22.0 Å². The van der Waals surface area contributed by atoms with E-state index in [0.717, 1.165) is 0 Å². The highest BCUT2D eigenvalue weighted by Crippen LogP contribution is 2.41. The second-order valence-electron chi connectivity index (χ2n) is 7.15. The van der Waals surface area contributed by atoms with Gasteiger partial charge in [-0.2, -0.15) is 0 Å². The van der Waals surface area contributed by atoms with E-state index in [4.69, 9.17) is 14.0 Å². The van der Waals surface area contributed by atoms with Gasteiger partial charge in [0, 0.05) is 4.47 Å². The van der Waals surface area contributed by atoms with Gasteiger partial charge in [0.15, 0.2) is 0 Å². The maximum Gasteiger partial charge on any atom is 0.525 e. The van der Waals surface area contributed by atoms with Crippen molar-refractivity contribution < 1.29 is 22.8 Å². The molecule has 0 aromatic heterocycles. The minimum atomic E-state index is -1.15. The summed E-state index contributed by atoms with van der Waals surface area (Å²) in [6.45, 7) is 11.6. The minimum Gasteiger partial charge on any atom is -0.398 e. The summed E-state index contributed by atoms with van der Waals surface area (Å²) in [5, 5.41) is 0. The van der Waals surface area contributed by atoms with Gasteiger partial charge in [0.2, 0.25) is 0 Å². The van der Waals surface area contributed by atoms with E-state index in [9.17, 15) is 4.39 Å². The van der Waals surface area contributed by atoms with Crippen molar-refractivity contribution in [2.75, 3.05) is 13.2 Å². The van der Waals surface area contributed by atoms with Crippen molar-refractivity contribution in [1.29, 1.82) is 0 Å². The molecular weight excluding hydrogens is 405 g/mol. The fourth-order valence-corrected chi connectivity index (χ4v) is 3.03. The first-order valence-electron chi connectivity index (χ1n) is 8.47. The van der Waals surface area contributed by atoms with Crippen LogP contribution in [0.25, 0.3) is 5.57 Å². The zero-order chi connectivity index (χ0) is 19.5. The molecule has 0 atom stereocenters. The van der Waals surface area contributed by atoms with Gasteiger partial charge in [-0.3, -0.25) is 0 Å². The molecule has 0 amide bonds. The van der Waals surface area contributed by atoms with Gasteiger partial charge in [0.05, 0.1) is 24.4 Å². The number of halogens is 3. The summed E-state index contributed by atoms with van der Waals surface area (Å²) < 4.78 is 46.7. The van der Waals surface area contributed by atoms with Gasteiger partial charge >= 0.3 is 7.12 Å². The van der Waals surface area contributed by atoms with Crippen LogP contribution in [0.15, 0.2) is 41.1 Å². The monoisotopic (exact) mass is 428 g/mol. The number of hydrogen-bond donors (Lipinski definition) is 0. The fraction of sp³-hybridized carbons (Fsp3) is 0.474. The van der Waals surface area contributed by atoms with E-state index in [1.165, 1.54) is 12.1 Å². The van der Waals surface area contributed by atoms with Crippen LogP contribution >= 0.6 is 15.9 Å². The van der Waals surface area contributed by atoms with E-state index in [2.05, 4.69) is 22.5 Å². The molecule has 1 saturated heterocycles. The van der Waals surface area contributed by atoms with E-state index in [1.54, 1.807) is 12.1 Å². The summed E-state index contributed by atoms with van der Waals surface area (Å²) in [7, 11) is -1.15. The second-order valence-corrected chi connectivity index (χ2v) is 8.01. The number of rotatable bonds is 7. The fourth-order valence-electron chi connectivity index (χ4n) is 2.54. The first-order chi connectivity index (χ1) is 12.1. The van der Waals surface area contributed by atoms with Crippen molar-refractivity contribution in [3.8, 4) is 0 Å². The van der Waals surface area contributed by atoms with Crippen LogP contribution in [0.3, 0.4) is 0 Å². The molecule has 1 aromatic rings.